The van der Waals surface area contributed by atoms with Gasteiger partial charge < -0.3 is 31.1 Å². The Morgan fingerprint density at radius 1 is 1.22 bits per heavy atom. The quantitative estimate of drug-likeness (QED) is 0.299. The molecule has 5 N–H and O–H groups in total. The van der Waals surface area contributed by atoms with Crippen LogP contribution in [0.15, 0.2) is 24.3 Å². The van der Waals surface area contributed by atoms with Crippen molar-refractivity contribution < 1.29 is 19.4 Å². The van der Waals surface area contributed by atoms with Crippen molar-refractivity contribution in [1.82, 2.24) is 15.5 Å². The van der Waals surface area contributed by atoms with E-state index in [0.29, 0.717) is 24.0 Å². The van der Waals surface area contributed by atoms with E-state index in [1.54, 1.807) is 0 Å². The number of hydrogen-bond donors (Lipinski definition) is 4. The van der Waals surface area contributed by atoms with Crippen LogP contribution in [0.4, 0.5) is 9.59 Å². The predicted molar refractivity (Wildman–Crippen MR) is 142 cm³/mol. The van der Waals surface area contributed by atoms with Crippen molar-refractivity contribution in [2.24, 2.45) is 17.6 Å². The van der Waals surface area contributed by atoms with Crippen LogP contribution in [-0.2, 0) is 4.74 Å². The SMILES string of the molecule is CC[C@@H](N)C(CC1CCCCC1)NC(=O)N1CCCC([C@@H](OCCNC(=O)O)c2cccc(Cl)c2)C1. The average Bonchev–Trinajstić information content (AvgIpc) is 2.88. The van der Waals surface area contributed by atoms with Gasteiger partial charge >= 0.3 is 12.1 Å². The van der Waals surface area contributed by atoms with Gasteiger partial charge in [0.05, 0.1) is 12.7 Å². The fraction of sp³-hybridized carbons (Fsp3) is 0.704. The summed E-state index contributed by atoms with van der Waals surface area (Å²) in [6.07, 6.45) is 8.50. The van der Waals surface area contributed by atoms with E-state index in [9.17, 15) is 9.59 Å². The number of likely N-dealkylation sites (tertiary alicyclic amines) is 1. The molecule has 1 aromatic rings. The normalized spacial score (nSPS) is 21.4. The van der Waals surface area contributed by atoms with E-state index >= 15 is 0 Å². The lowest BCUT2D eigenvalue weighted by Crippen LogP contribution is -2.54. The van der Waals surface area contributed by atoms with Gasteiger partial charge in [0.1, 0.15) is 0 Å². The molecule has 1 aliphatic heterocycles. The molecule has 1 heterocycles. The topological polar surface area (TPSA) is 117 Å². The molecule has 1 aromatic carbocycles. The fourth-order valence-electron chi connectivity index (χ4n) is 5.63. The van der Waals surface area contributed by atoms with Crippen molar-refractivity contribution in [3.8, 4) is 0 Å². The number of ether oxygens (including phenoxy) is 1. The fourth-order valence-corrected chi connectivity index (χ4v) is 5.83. The van der Waals surface area contributed by atoms with Crippen LogP contribution in [-0.4, -0.2) is 60.5 Å². The largest absolute Gasteiger partial charge is 0.465 e. The monoisotopic (exact) mass is 522 g/mol. The Balaban J connectivity index is 1.65. The van der Waals surface area contributed by atoms with Crippen LogP contribution < -0.4 is 16.4 Å². The molecule has 1 saturated heterocycles. The zero-order valence-electron chi connectivity index (χ0n) is 21.5. The second kappa shape index (κ2) is 14.6. The highest BCUT2D eigenvalue weighted by atomic mass is 35.5. The third-order valence-electron chi connectivity index (χ3n) is 7.64. The van der Waals surface area contributed by atoms with Crippen molar-refractivity contribution in [1.29, 1.82) is 0 Å². The van der Waals surface area contributed by atoms with Crippen molar-refractivity contribution in [3.05, 3.63) is 34.9 Å². The molecular weight excluding hydrogens is 480 g/mol. The predicted octanol–water partition coefficient (Wildman–Crippen LogP) is 5.16. The number of hydrogen-bond acceptors (Lipinski definition) is 4. The van der Waals surface area contributed by atoms with E-state index in [1.807, 2.05) is 29.2 Å². The highest BCUT2D eigenvalue weighted by Gasteiger charge is 2.33. The number of nitrogens with one attached hydrogen (secondary N) is 2. The van der Waals surface area contributed by atoms with Gasteiger partial charge in [0, 0.05) is 42.7 Å². The molecule has 36 heavy (non-hydrogen) atoms. The highest BCUT2D eigenvalue weighted by Crippen LogP contribution is 2.34. The van der Waals surface area contributed by atoms with Crippen molar-refractivity contribution in [2.75, 3.05) is 26.2 Å². The van der Waals surface area contributed by atoms with E-state index in [4.69, 9.17) is 27.2 Å². The molecule has 1 saturated carbocycles. The zero-order chi connectivity index (χ0) is 25.9. The Bertz CT molecular complexity index is 836. The first-order valence-electron chi connectivity index (χ1n) is 13.5. The van der Waals surface area contributed by atoms with Crippen LogP contribution in [0, 0.1) is 11.8 Å². The third-order valence-corrected chi connectivity index (χ3v) is 7.87. The average molecular weight is 523 g/mol. The van der Waals surface area contributed by atoms with Gasteiger partial charge in [0.2, 0.25) is 0 Å². The minimum Gasteiger partial charge on any atom is -0.465 e. The van der Waals surface area contributed by atoms with Gasteiger partial charge in [0.15, 0.2) is 0 Å². The van der Waals surface area contributed by atoms with Gasteiger partial charge in [-0.15, -0.1) is 0 Å². The molecule has 202 valence electrons. The number of piperidine rings is 1. The van der Waals surface area contributed by atoms with Crippen LogP contribution in [0.1, 0.15) is 76.4 Å². The first-order chi connectivity index (χ1) is 17.4. The van der Waals surface area contributed by atoms with Gasteiger partial charge in [-0.3, -0.25) is 0 Å². The maximum atomic E-state index is 13.4. The Hall–Kier alpha value is -2.03. The van der Waals surface area contributed by atoms with Gasteiger partial charge in [-0.2, -0.15) is 0 Å². The molecule has 4 atom stereocenters. The lowest BCUT2D eigenvalue weighted by atomic mass is 9.83. The van der Waals surface area contributed by atoms with E-state index < -0.39 is 6.09 Å². The Morgan fingerprint density at radius 2 is 2.00 bits per heavy atom. The molecule has 2 aliphatic rings. The van der Waals surface area contributed by atoms with E-state index in [1.165, 1.54) is 32.1 Å². The minimum atomic E-state index is -1.08. The number of carboxylic acid groups (broad SMARTS) is 1. The summed E-state index contributed by atoms with van der Waals surface area (Å²) in [6.45, 7) is 3.77. The van der Waals surface area contributed by atoms with E-state index in [2.05, 4.69) is 17.6 Å². The number of halogens is 1. The second-order valence-corrected chi connectivity index (χ2v) is 10.7. The first-order valence-corrected chi connectivity index (χ1v) is 13.9. The van der Waals surface area contributed by atoms with Crippen molar-refractivity contribution >= 4 is 23.7 Å². The number of urea groups is 1. The zero-order valence-corrected chi connectivity index (χ0v) is 22.2. The summed E-state index contributed by atoms with van der Waals surface area (Å²) in [5, 5.41) is 15.1. The molecule has 9 heteroatoms. The molecule has 0 spiro atoms. The smallest absolute Gasteiger partial charge is 0.404 e. The van der Waals surface area contributed by atoms with Gasteiger partial charge in [-0.1, -0.05) is 62.8 Å². The Kier molecular flexibility index (Phi) is 11.6. The first kappa shape index (κ1) is 28.5. The maximum Gasteiger partial charge on any atom is 0.404 e. The summed E-state index contributed by atoms with van der Waals surface area (Å²) >= 11 is 6.26. The Labute approximate surface area is 220 Å². The second-order valence-electron chi connectivity index (χ2n) is 10.3. The molecule has 8 nitrogen and oxygen atoms in total. The molecule has 2 fully saturated rings. The summed E-state index contributed by atoms with van der Waals surface area (Å²) in [4.78, 5) is 26.1. The van der Waals surface area contributed by atoms with Gasteiger partial charge in [-0.05, 0) is 49.3 Å². The Morgan fingerprint density at radius 3 is 2.69 bits per heavy atom. The third kappa shape index (κ3) is 8.82. The molecule has 2 unspecified atom stereocenters. The molecule has 3 rings (SSSR count). The number of nitrogens with zero attached hydrogens (tertiary/aromatic N) is 1. The van der Waals surface area contributed by atoms with Gasteiger partial charge in [0.25, 0.3) is 0 Å². The van der Waals surface area contributed by atoms with Crippen molar-refractivity contribution in [3.63, 3.8) is 0 Å². The number of nitrogens with two attached hydrogens (primary N) is 1. The van der Waals surface area contributed by atoms with Crippen LogP contribution in [0.3, 0.4) is 0 Å². The van der Waals surface area contributed by atoms with Crippen LogP contribution >= 0.6 is 11.6 Å². The molecule has 3 amide bonds. The number of rotatable bonds is 11. The van der Waals surface area contributed by atoms with Crippen molar-refractivity contribution in [2.45, 2.75) is 82.9 Å². The molecule has 1 aliphatic carbocycles. The summed E-state index contributed by atoms with van der Waals surface area (Å²) < 4.78 is 6.18. The number of amides is 3. The van der Waals surface area contributed by atoms with E-state index in [0.717, 1.165) is 31.2 Å². The minimum absolute atomic E-state index is 0.0203. The standard InChI is InChI=1S/C27H43ClN4O4/c1-2-23(29)24(16-19-8-4-3-5-9-19)31-26(33)32-14-7-11-21(18-32)25(36-15-13-30-27(34)35)20-10-6-12-22(28)17-20/h6,10,12,17,19,21,23-25,30H,2-5,7-9,11,13-16,18,29H2,1H3,(H,31,33)(H,34,35)/t21?,23-,24?,25+/m1/s1. The van der Waals surface area contributed by atoms with Crippen LogP contribution in [0.5, 0.6) is 0 Å². The highest BCUT2D eigenvalue weighted by molar-refractivity contribution is 6.30. The number of carbonyl (C=O) groups excluding carboxylic acids is 1. The maximum absolute atomic E-state index is 13.4. The summed E-state index contributed by atoms with van der Waals surface area (Å²) in [6, 6.07) is 7.43. The summed E-state index contributed by atoms with van der Waals surface area (Å²) in [7, 11) is 0. The lowest BCUT2D eigenvalue weighted by Gasteiger charge is -2.38. The van der Waals surface area contributed by atoms with Gasteiger partial charge in [-0.25, -0.2) is 9.59 Å². The lowest BCUT2D eigenvalue weighted by molar-refractivity contribution is -0.00856. The molecule has 0 radical (unpaired) electrons. The van der Waals surface area contributed by atoms with E-state index in [-0.39, 0.29) is 43.3 Å². The molecule has 0 aromatic heterocycles. The molecule has 0 bridgehead atoms. The number of carbonyl (C=O) groups is 2. The number of benzene rings is 1. The molecular formula is C27H43ClN4O4. The van der Waals surface area contributed by atoms with Crippen LogP contribution in [0.25, 0.3) is 0 Å². The summed E-state index contributed by atoms with van der Waals surface area (Å²) in [5.74, 6) is 0.709. The van der Waals surface area contributed by atoms with Crippen LogP contribution in [0.2, 0.25) is 5.02 Å². The summed E-state index contributed by atoms with van der Waals surface area (Å²) in [5.41, 5.74) is 7.39.